The Morgan fingerprint density at radius 2 is 1.95 bits per heavy atom. The standard InChI is InChI=1S/C16H23FN4/c1-12(2)10-21-16(19-11-20-21)8-14(9-18-3)13-4-6-15(17)7-5-13/h4-7,11-12,14,18H,8-10H2,1-3H3. The van der Waals surface area contributed by atoms with Gasteiger partial charge in [0, 0.05) is 25.4 Å². The van der Waals surface area contributed by atoms with E-state index in [0.29, 0.717) is 5.92 Å². The summed E-state index contributed by atoms with van der Waals surface area (Å²) in [6.07, 6.45) is 2.40. The van der Waals surface area contributed by atoms with Crippen LogP contribution < -0.4 is 5.32 Å². The maximum absolute atomic E-state index is 13.1. The van der Waals surface area contributed by atoms with Crippen LogP contribution in [0.15, 0.2) is 30.6 Å². The number of nitrogens with one attached hydrogen (secondary N) is 1. The second kappa shape index (κ2) is 7.31. The van der Waals surface area contributed by atoms with Crippen molar-refractivity contribution in [3.63, 3.8) is 0 Å². The first-order chi connectivity index (χ1) is 10.1. The van der Waals surface area contributed by atoms with Crippen molar-refractivity contribution in [1.29, 1.82) is 0 Å². The minimum absolute atomic E-state index is 0.204. The normalized spacial score (nSPS) is 12.8. The fraction of sp³-hybridized carbons (Fsp3) is 0.500. The van der Waals surface area contributed by atoms with Crippen molar-refractivity contribution >= 4 is 0 Å². The predicted molar refractivity (Wildman–Crippen MR) is 81.6 cm³/mol. The van der Waals surface area contributed by atoms with E-state index in [9.17, 15) is 4.39 Å². The van der Waals surface area contributed by atoms with Gasteiger partial charge >= 0.3 is 0 Å². The Balaban J connectivity index is 2.16. The second-order valence-electron chi connectivity index (χ2n) is 5.76. The van der Waals surface area contributed by atoms with Crippen LogP contribution in [0.5, 0.6) is 0 Å². The molecular formula is C16H23FN4. The summed E-state index contributed by atoms with van der Waals surface area (Å²) in [5.74, 6) is 1.56. The van der Waals surface area contributed by atoms with Gasteiger partial charge in [-0.1, -0.05) is 26.0 Å². The van der Waals surface area contributed by atoms with Gasteiger partial charge < -0.3 is 5.32 Å². The lowest BCUT2D eigenvalue weighted by molar-refractivity contribution is 0.456. The number of rotatable bonds is 7. The maximum atomic E-state index is 13.1. The smallest absolute Gasteiger partial charge is 0.138 e. The molecule has 0 fully saturated rings. The van der Waals surface area contributed by atoms with Crippen LogP contribution in [0.2, 0.25) is 0 Å². The van der Waals surface area contributed by atoms with E-state index in [0.717, 1.165) is 30.9 Å². The van der Waals surface area contributed by atoms with E-state index in [-0.39, 0.29) is 11.7 Å². The highest BCUT2D eigenvalue weighted by Crippen LogP contribution is 2.20. The number of benzene rings is 1. The molecule has 0 aliphatic carbocycles. The Morgan fingerprint density at radius 3 is 2.57 bits per heavy atom. The molecule has 0 radical (unpaired) electrons. The van der Waals surface area contributed by atoms with E-state index >= 15 is 0 Å². The van der Waals surface area contributed by atoms with Gasteiger partial charge in [0.2, 0.25) is 0 Å². The summed E-state index contributed by atoms with van der Waals surface area (Å²) in [6, 6.07) is 6.72. The Hall–Kier alpha value is -1.75. The van der Waals surface area contributed by atoms with E-state index in [1.54, 1.807) is 6.33 Å². The summed E-state index contributed by atoms with van der Waals surface area (Å²) in [5.41, 5.74) is 1.12. The molecule has 1 atom stereocenters. The Labute approximate surface area is 125 Å². The lowest BCUT2D eigenvalue weighted by Gasteiger charge is -2.17. The first-order valence-electron chi connectivity index (χ1n) is 7.37. The van der Waals surface area contributed by atoms with Crippen LogP contribution in [0.3, 0.4) is 0 Å². The fourth-order valence-corrected chi connectivity index (χ4v) is 2.45. The number of hydrogen-bond acceptors (Lipinski definition) is 3. The molecule has 0 bridgehead atoms. The molecular weight excluding hydrogens is 267 g/mol. The van der Waals surface area contributed by atoms with Crippen molar-refractivity contribution < 1.29 is 4.39 Å². The first-order valence-corrected chi connectivity index (χ1v) is 7.37. The molecule has 2 aromatic rings. The van der Waals surface area contributed by atoms with Crippen LogP contribution in [0.4, 0.5) is 4.39 Å². The SMILES string of the molecule is CNCC(Cc1ncnn1CC(C)C)c1ccc(F)cc1. The lowest BCUT2D eigenvalue weighted by atomic mass is 9.95. The average molecular weight is 290 g/mol. The van der Waals surface area contributed by atoms with E-state index in [2.05, 4.69) is 29.2 Å². The molecule has 1 aromatic heterocycles. The second-order valence-corrected chi connectivity index (χ2v) is 5.76. The molecule has 1 N–H and O–H groups in total. The van der Waals surface area contributed by atoms with Gasteiger partial charge in [-0.2, -0.15) is 5.10 Å². The maximum Gasteiger partial charge on any atom is 0.138 e. The van der Waals surface area contributed by atoms with Gasteiger partial charge in [-0.05, 0) is 30.7 Å². The molecule has 114 valence electrons. The summed E-state index contributed by atoms with van der Waals surface area (Å²) in [6.45, 7) is 6.01. The van der Waals surface area contributed by atoms with Gasteiger partial charge in [-0.15, -0.1) is 0 Å². The third-order valence-electron chi connectivity index (χ3n) is 3.45. The highest BCUT2D eigenvalue weighted by Gasteiger charge is 2.16. The highest BCUT2D eigenvalue weighted by atomic mass is 19.1. The van der Waals surface area contributed by atoms with Crippen molar-refractivity contribution in [2.24, 2.45) is 5.92 Å². The molecule has 1 aromatic carbocycles. The number of nitrogens with zero attached hydrogens (tertiary/aromatic N) is 3. The van der Waals surface area contributed by atoms with E-state index < -0.39 is 0 Å². The van der Waals surface area contributed by atoms with Crippen molar-refractivity contribution in [1.82, 2.24) is 20.1 Å². The van der Waals surface area contributed by atoms with E-state index in [1.165, 1.54) is 12.1 Å². The molecule has 0 aliphatic rings. The van der Waals surface area contributed by atoms with Gasteiger partial charge in [0.05, 0.1) is 0 Å². The quantitative estimate of drug-likeness (QED) is 0.852. The topological polar surface area (TPSA) is 42.7 Å². The van der Waals surface area contributed by atoms with Gasteiger partial charge in [0.1, 0.15) is 18.0 Å². The predicted octanol–water partition coefficient (Wildman–Crippen LogP) is 2.62. The van der Waals surface area contributed by atoms with Gasteiger partial charge in [0.15, 0.2) is 0 Å². The third-order valence-corrected chi connectivity index (χ3v) is 3.45. The Bertz CT molecular complexity index is 548. The monoisotopic (exact) mass is 290 g/mol. The van der Waals surface area contributed by atoms with Gasteiger partial charge in [-0.25, -0.2) is 14.1 Å². The van der Waals surface area contributed by atoms with Gasteiger partial charge in [-0.3, -0.25) is 0 Å². The highest BCUT2D eigenvalue weighted by molar-refractivity contribution is 5.22. The van der Waals surface area contributed by atoms with Crippen LogP contribution in [0.1, 0.15) is 31.2 Å². The third kappa shape index (κ3) is 4.36. The van der Waals surface area contributed by atoms with Crippen LogP contribution in [-0.2, 0) is 13.0 Å². The molecule has 1 unspecified atom stereocenters. The fourth-order valence-electron chi connectivity index (χ4n) is 2.45. The number of likely N-dealkylation sites (N-methyl/N-ethyl adjacent to an activating group) is 1. The molecule has 21 heavy (non-hydrogen) atoms. The molecule has 4 nitrogen and oxygen atoms in total. The largest absolute Gasteiger partial charge is 0.319 e. The Morgan fingerprint density at radius 1 is 1.24 bits per heavy atom. The summed E-state index contributed by atoms with van der Waals surface area (Å²) >= 11 is 0. The van der Waals surface area contributed by atoms with Crippen LogP contribution in [0, 0.1) is 11.7 Å². The average Bonchev–Trinajstić information content (AvgIpc) is 2.86. The molecule has 0 aliphatic heterocycles. The minimum atomic E-state index is -0.204. The molecule has 0 spiro atoms. The van der Waals surface area contributed by atoms with E-state index in [4.69, 9.17) is 0 Å². The molecule has 0 saturated heterocycles. The number of aromatic nitrogens is 3. The molecule has 0 saturated carbocycles. The summed E-state index contributed by atoms with van der Waals surface area (Å²) in [7, 11) is 1.93. The van der Waals surface area contributed by atoms with Crippen molar-refractivity contribution in [3.05, 3.63) is 47.8 Å². The van der Waals surface area contributed by atoms with Gasteiger partial charge in [0.25, 0.3) is 0 Å². The molecule has 0 amide bonds. The van der Waals surface area contributed by atoms with Crippen LogP contribution in [0.25, 0.3) is 0 Å². The minimum Gasteiger partial charge on any atom is -0.319 e. The summed E-state index contributed by atoms with van der Waals surface area (Å²) in [4.78, 5) is 4.38. The van der Waals surface area contributed by atoms with Crippen molar-refractivity contribution in [2.75, 3.05) is 13.6 Å². The number of halogens is 1. The molecule has 1 heterocycles. The van der Waals surface area contributed by atoms with Crippen LogP contribution in [-0.4, -0.2) is 28.4 Å². The molecule has 2 rings (SSSR count). The zero-order valence-electron chi connectivity index (χ0n) is 12.9. The zero-order chi connectivity index (χ0) is 15.2. The summed E-state index contributed by atoms with van der Waals surface area (Å²) < 4.78 is 15.0. The van der Waals surface area contributed by atoms with E-state index in [1.807, 2.05) is 23.9 Å². The van der Waals surface area contributed by atoms with Crippen molar-refractivity contribution in [2.45, 2.75) is 32.7 Å². The lowest BCUT2D eigenvalue weighted by Crippen LogP contribution is -2.21. The first kappa shape index (κ1) is 15.6. The number of hydrogen-bond donors (Lipinski definition) is 1. The van der Waals surface area contributed by atoms with Crippen molar-refractivity contribution in [3.8, 4) is 0 Å². The van der Waals surface area contributed by atoms with Crippen LogP contribution >= 0.6 is 0 Å². The zero-order valence-corrected chi connectivity index (χ0v) is 12.9. The summed E-state index contributed by atoms with van der Waals surface area (Å²) in [5, 5.41) is 7.50. The molecule has 5 heteroatoms. The Kier molecular flexibility index (Phi) is 5.44.